The van der Waals surface area contributed by atoms with Crippen LogP contribution in [0.25, 0.3) is 0 Å². The molecule has 3 rings (SSSR count). The molecule has 0 bridgehead atoms. The van der Waals surface area contributed by atoms with Crippen molar-refractivity contribution in [2.45, 2.75) is 18.4 Å². The van der Waals surface area contributed by atoms with Gasteiger partial charge in [0, 0.05) is 4.47 Å². The lowest BCUT2D eigenvalue weighted by Gasteiger charge is -2.05. The van der Waals surface area contributed by atoms with Crippen LogP contribution in [-0.4, -0.2) is 21.7 Å². The highest BCUT2D eigenvalue weighted by Crippen LogP contribution is 2.28. The Morgan fingerprint density at radius 3 is 2.61 bits per heavy atom. The van der Waals surface area contributed by atoms with Crippen LogP contribution in [0.2, 0.25) is 0 Å². The smallest absolute Gasteiger partial charge is 0.240 e. The van der Waals surface area contributed by atoms with E-state index in [9.17, 15) is 8.42 Å². The molecule has 0 atom stereocenters. The molecule has 0 aliphatic rings. The fraction of sp³-hybridized carbons (Fsp3) is 0.150. The lowest BCUT2D eigenvalue weighted by atomic mass is 10.2. The predicted molar refractivity (Wildman–Crippen MR) is 112 cm³/mol. The molecule has 0 saturated heterocycles. The lowest BCUT2D eigenvalue weighted by molar-refractivity contribution is 0.416. The average molecular weight is 463 g/mol. The summed E-state index contributed by atoms with van der Waals surface area (Å²) in [6.07, 6.45) is 1.57. The number of aryl methyl sites for hydroxylation is 1. The number of methoxy groups -OCH3 is 1. The topological polar surface area (TPSA) is 80.9 Å². The highest BCUT2D eigenvalue weighted by Gasteiger charge is 2.14. The van der Waals surface area contributed by atoms with Gasteiger partial charge in [0.2, 0.25) is 10.0 Å². The maximum absolute atomic E-state index is 12.3. The minimum absolute atomic E-state index is 0.0417. The molecule has 1 heterocycles. The van der Waals surface area contributed by atoms with Gasteiger partial charge in [0.25, 0.3) is 0 Å². The van der Waals surface area contributed by atoms with Crippen LogP contribution in [-0.2, 0) is 16.6 Å². The zero-order valence-corrected chi connectivity index (χ0v) is 17.7. The fourth-order valence-corrected chi connectivity index (χ4v) is 3.71. The van der Waals surface area contributed by atoms with Gasteiger partial charge in [0.15, 0.2) is 0 Å². The Bertz CT molecular complexity index is 1090. The maximum atomic E-state index is 12.3. The summed E-state index contributed by atoms with van der Waals surface area (Å²) < 4.78 is 38.9. The SMILES string of the molecule is COc1ccc(C)cc1N=Cc1ccc(CNS(=O)(=O)c2ccc(Br)cc2)o1. The van der Waals surface area contributed by atoms with Gasteiger partial charge in [-0.2, -0.15) is 0 Å². The molecule has 0 amide bonds. The molecular weight excluding hydrogens is 444 g/mol. The lowest BCUT2D eigenvalue weighted by Crippen LogP contribution is -2.22. The van der Waals surface area contributed by atoms with Gasteiger partial charge >= 0.3 is 0 Å². The molecule has 1 N–H and O–H groups in total. The summed E-state index contributed by atoms with van der Waals surface area (Å²) in [6, 6.07) is 15.6. The Balaban J connectivity index is 1.67. The summed E-state index contributed by atoms with van der Waals surface area (Å²) in [7, 11) is -2.03. The van der Waals surface area contributed by atoms with Crippen molar-refractivity contribution >= 4 is 37.9 Å². The first-order valence-corrected chi connectivity index (χ1v) is 10.7. The summed E-state index contributed by atoms with van der Waals surface area (Å²) in [6.45, 7) is 2.01. The molecule has 0 fully saturated rings. The summed E-state index contributed by atoms with van der Waals surface area (Å²) in [4.78, 5) is 4.59. The van der Waals surface area contributed by atoms with Crippen LogP contribution in [0.3, 0.4) is 0 Å². The molecule has 0 aliphatic carbocycles. The Morgan fingerprint density at radius 1 is 1.14 bits per heavy atom. The quantitative estimate of drug-likeness (QED) is 0.520. The second kappa shape index (κ2) is 8.72. The third kappa shape index (κ3) is 5.09. The van der Waals surface area contributed by atoms with E-state index in [0.29, 0.717) is 23.0 Å². The molecule has 1 aromatic heterocycles. The monoisotopic (exact) mass is 462 g/mol. The Kier molecular flexibility index (Phi) is 6.33. The van der Waals surface area contributed by atoms with Crippen molar-refractivity contribution in [3.63, 3.8) is 0 Å². The van der Waals surface area contributed by atoms with Crippen molar-refractivity contribution in [3.05, 3.63) is 76.2 Å². The van der Waals surface area contributed by atoms with Gasteiger partial charge in [0.05, 0.1) is 24.8 Å². The normalized spacial score (nSPS) is 11.8. The van der Waals surface area contributed by atoms with Crippen LogP contribution in [0.5, 0.6) is 5.75 Å². The van der Waals surface area contributed by atoms with Gasteiger partial charge in [-0.05, 0) is 61.0 Å². The van der Waals surface area contributed by atoms with Crippen molar-refractivity contribution in [2.75, 3.05) is 7.11 Å². The molecule has 0 aliphatic heterocycles. The van der Waals surface area contributed by atoms with Gasteiger partial charge in [-0.3, -0.25) is 0 Å². The Morgan fingerprint density at radius 2 is 1.89 bits per heavy atom. The van der Waals surface area contributed by atoms with Gasteiger partial charge in [-0.25, -0.2) is 18.1 Å². The minimum atomic E-state index is -3.62. The van der Waals surface area contributed by atoms with Crippen molar-refractivity contribution in [3.8, 4) is 5.75 Å². The number of aliphatic imine (C=N–C) groups is 1. The molecule has 2 aromatic carbocycles. The van der Waals surface area contributed by atoms with Gasteiger partial charge in [-0.1, -0.05) is 22.0 Å². The van der Waals surface area contributed by atoms with E-state index in [2.05, 4.69) is 25.6 Å². The zero-order chi connectivity index (χ0) is 20.1. The number of nitrogens with one attached hydrogen (secondary N) is 1. The van der Waals surface area contributed by atoms with Gasteiger partial charge in [0.1, 0.15) is 23.0 Å². The van der Waals surface area contributed by atoms with Crippen LogP contribution >= 0.6 is 15.9 Å². The van der Waals surface area contributed by atoms with E-state index in [0.717, 1.165) is 10.0 Å². The van der Waals surface area contributed by atoms with Gasteiger partial charge < -0.3 is 9.15 Å². The van der Waals surface area contributed by atoms with Crippen LogP contribution in [0.1, 0.15) is 17.1 Å². The maximum Gasteiger partial charge on any atom is 0.240 e. The van der Waals surface area contributed by atoms with Crippen molar-refractivity contribution < 1.29 is 17.6 Å². The van der Waals surface area contributed by atoms with E-state index in [1.165, 1.54) is 12.1 Å². The number of furan rings is 1. The predicted octanol–water partition coefficient (Wildman–Crippen LogP) is 4.59. The number of benzene rings is 2. The number of hydrogen-bond acceptors (Lipinski definition) is 5. The molecule has 6 nitrogen and oxygen atoms in total. The average Bonchev–Trinajstić information content (AvgIpc) is 3.13. The van der Waals surface area contributed by atoms with E-state index >= 15 is 0 Å². The van der Waals surface area contributed by atoms with Crippen molar-refractivity contribution in [1.29, 1.82) is 0 Å². The minimum Gasteiger partial charge on any atom is -0.494 e. The summed E-state index contributed by atoms with van der Waals surface area (Å²) in [5.41, 5.74) is 1.76. The Hall–Kier alpha value is -2.42. The number of halogens is 1. The largest absolute Gasteiger partial charge is 0.494 e. The van der Waals surface area contributed by atoms with Crippen molar-refractivity contribution in [2.24, 2.45) is 4.99 Å². The molecule has 0 spiro atoms. The molecular formula is C20H19BrN2O4S. The van der Waals surface area contributed by atoms with Crippen molar-refractivity contribution in [1.82, 2.24) is 4.72 Å². The first-order valence-electron chi connectivity index (χ1n) is 8.40. The number of nitrogens with zero attached hydrogens (tertiary/aromatic N) is 1. The highest BCUT2D eigenvalue weighted by atomic mass is 79.9. The Labute approximate surface area is 172 Å². The first kappa shape index (κ1) is 20.3. The molecule has 0 saturated carbocycles. The number of rotatable bonds is 7. The van der Waals surface area contributed by atoms with E-state index in [-0.39, 0.29) is 11.4 Å². The first-order chi connectivity index (χ1) is 13.4. The van der Waals surface area contributed by atoms with E-state index in [1.807, 2.05) is 25.1 Å². The molecule has 0 radical (unpaired) electrons. The second-order valence-corrected chi connectivity index (χ2v) is 8.70. The number of sulfonamides is 1. The molecule has 28 heavy (non-hydrogen) atoms. The van der Waals surface area contributed by atoms with E-state index in [1.54, 1.807) is 37.6 Å². The zero-order valence-electron chi connectivity index (χ0n) is 15.3. The third-order valence-electron chi connectivity index (χ3n) is 3.91. The van der Waals surface area contributed by atoms with Crippen LogP contribution in [0.4, 0.5) is 5.69 Å². The van der Waals surface area contributed by atoms with Crippen LogP contribution in [0, 0.1) is 6.92 Å². The van der Waals surface area contributed by atoms with E-state index in [4.69, 9.17) is 9.15 Å². The fourth-order valence-electron chi connectivity index (χ4n) is 2.46. The summed E-state index contributed by atoms with van der Waals surface area (Å²) >= 11 is 3.28. The third-order valence-corrected chi connectivity index (χ3v) is 5.85. The van der Waals surface area contributed by atoms with Crippen LogP contribution < -0.4 is 9.46 Å². The molecule has 146 valence electrons. The van der Waals surface area contributed by atoms with Gasteiger partial charge in [-0.15, -0.1) is 0 Å². The second-order valence-electron chi connectivity index (χ2n) is 6.02. The molecule has 0 unspecified atom stereocenters. The van der Waals surface area contributed by atoms with Crippen LogP contribution in [0.15, 0.2) is 73.4 Å². The molecule has 8 heteroatoms. The van der Waals surface area contributed by atoms with E-state index < -0.39 is 10.0 Å². The highest BCUT2D eigenvalue weighted by molar-refractivity contribution is 9.10. The molecule has 3 aromatic rings. The standard InChI is InChI=1S/C20H19BrN2O4S/c1-14-3-10-20(26-2)19(11-14)22-12-16-6-7-17(27-16)13-23-28(24,25)18-8-4-15(21)5-9-18/h3-12,23H,13H2,1-2H3. The summed E-state index contributed by atoms with van der Waals surface area (Å²) in [5.74, 6) is 1.66. The number of hydrogen-bond donors (Lipinski definition) is 1. The number of ether oxygens (including phenoxy) is 1. The summed E-state index contributed by atoms with van der Waals surface area (Å²) in [5, 5.41) is 0.